The highest BCUT2D eigenvalue weighted by atomic mass is 32.2. The summed E-state index contributed by atoms with van der Waals surface area (Å²) in [6, 6.07) is 0. The van der Waals surface area contributed by atoms with Crippen LogP contribution >= 0.6 is 0 Å². The van der Waals surface area contributed by atoms with Gasteiger partial charge in [-0.05, 0) is 59.8 Å². The van der Waals surface area contributed by atoms with Gasteiger partial charge in [-0.25, -0.2) is 0 Å². The molecule has 1 rings (SSSR count). The van der Waals surface area contributed by atoms with Gasteiger partial charge in [0.05, 0.1) is 6.21 Å². The molecule has 4 nitrogen and oxygen atoms in total. The molecule has 0 saturated carbocycles. The Kier molecular flexibility index (Phi) is 6.18. The molecule has 0 aromatic heterocycles. The standard InChI is InChI=1S/C15H25F3N2O2S/c1-13(2,3)23(22)19-8-6-7-11-9-14(4,5)20(10-11)12(21)15(16,17)18/h8,11H,6-7,9-10H2,1-5H3/t11-,23?/m0/s1. The van der Waals surface area contributed by atoms with Crippen LogP contribution in [0.15, 0.2) is 4.40 Å². The Hall–Kier alpha value is -0.760. The fourth-order valence-corrected chi connectivity index (χ4v) is 3.24. The first-order valence-electron chi connectivity index (χ1n) is 7.58. The molecule has 0 bridgehead atoms. The van der Waals surface area contributed by atoms with Crippen LogP contribution in [0.5, 0.6) is 0 Å². The minimum atomic E-state index is -4.84. The number of hydrogen-bond donors (Lipinski definition) is 0. The van der Waals surface area contributed by atoms with Gasteiger partial charge < -0.3 is 9.45 Å². The molecule has 1 unspecified atom stereocenters. The Labute approximate surface area is 138 Å². The number of alkyl halides is 3. The van der Waals surface area contributed by atoms with Crippen LogP contribution in [-0.4, -0.2) is 44.6 Å². The second-order valence-corrected chi connectivity index (χ2v) is 9.46. The molecule has 8 heteroatoms. The number of carbonyl (C=O) groups is 1. The van der Waals surface area contributed by atoms with Crippen LogP contribution in [0.2, 0.25) is 0 Å². The van der Waals surface area contributed by atoms with Gasteiger partial charge in [-0.3, -0.25) is 4.79 Å². The van der Waals surface area contributed by atoms with E-state index in [2.05, 4.69) is 4.40 Å². The lowest BCUT2D eigenvalue weighted by Crippen LogP contribution is -2.48. The smallest absolute Gasteiger partial charge is 0.471 e. The number of rotatable bonds is 4. The van der Waals surface area contributed by atoms with E-state index in [1.807, 2.05) is 20.8 Å². The Balaban J connectivity index is 2.56. The first kappa shape index (κ1) is 20.3. The van der Waals surface area contributed by atoms with Gasteiger partial charge in [-0.1, -0.05) is 4.40 Å². The quantitative estimate of drug-likeness (QED) is 0.573. The summed E-state index contributed by atoms with van der Waals surface area (Å²) in [5.74, 6) is -1.78. The fraction of sp³-hybridized carbons (Fsp3) is 0.867. The van der Waals surface area contributed by atoms with Gasteiger partial charge in [-0.15, -0.1) is 0 Å². The highest BCUT2D eigenvalue weighted by molar-refractivity contribution is 7.91. The van der Waals surface area contributed by atoms with Gasteiger partial charge in [0.1, 0.15) is 16.1 Å². The third-order valence-corrected chi connectivity index (χ3v) is 5.23. The van der Waals surface area contributed by atoms with E-state index in [-0.39, 0.29) is 12.5 Å². The van der Waals surface area contributed by atoms with Crippen molar-refractivity contribution in [3.05, 3.63) is 0 Å². The zero-order valence-electron chi connectivity index (χ0n) is 14.2. The molecule has 2 atom stereocenters. The maximum absolute atomic E-state index is 12.6. The van der Waals surface area contributed by atoms with E-state index in [0.29, 0.717) is 19.3 Å². The Bertz CT molecular complexity index is 459. The molecular weight excluding hydrogens is 329 g/mol. The van der Waals surface area contributed by atoms with Crippen LogP contribution in [0, 0.1) is 5.92 Å². The molecule has 1 fully saturated rings. The summed E-state index contributed by atoms with van der Waals surface area (Å²) < 4.78 is 53.2. The lowest BCUT2D eigenvalue weighted by atomic mass is 9.93. The predicted octanol–water partition coefficient (Wildman–Crippen LogP) is 3.49. The van der Waals surface area contributed by atoms with Crippen molar-refractivity contribution in [1.29, 1.82) is 0 Å². The normalized spacial score (nSPS) is 23.5. The Morgan fingerprint density at radius 2 is 1.96 bits per heavy atom. The van der Waals surface area contributed by atoms with E-state index < -0.39 is 33.7 Å². The maximum Gasteiger partial charge on any atom is 0.471 e. The highest BCUT2D eigenvalue weighted by Gasteiger charge is 2.50. The molecule has 0 radical (unpaired) electrons. The van der Waals surface area contributed by atoms with Gasteiger partial charge in [0.15, 0.2) is 0 Å². The molecule has 1 amide bonds. The van der Waals surface area contributed by atoms with Crippen LogP contribution in [-0.2, 0) is 16.2 Å². The molecule has 23 heavy (non-hydrogen) atoms. The molecule has 0 aromatic rings. The second kappa shape index (κ2) is 7.01. The minimum absolute atomic E-state index is 0.00850. The van der Waals surface area contributed by atoms with Crippen molar-refractivity contribution in [3.8, 4) is 0 Å². The summed E-state index contributed by atoms with van der Waals surface area (Å²) in [4.78, 5) is 12.4. The SMILES string of the molecule is CC1(C)C[C@H](CCC=N[S+]([O-])C(C)(C)C)CN1C(=O)C(F)(F)F. The molecule has 1 heterocycles. The van der Waals surface area contributed by atoms with Crippen molar-refractivity contribution in [2.45, 2.75) is 70.3 Å². The van der Waals surface area contributed by atoms with Crippen molar-refractivity contribution in [1.82, 2.24) is 4.90 Å². The summed E-state index contributed by atoms with van der Waals surface area (Å²) in [5.41, 5.74) is -0.803. The molecule has 0 aliphatic carbocycles. The minimum Gasteiger partial charge on any atom is -0.591 e. The number of likely N-dealkylation sites (tertiary alicyclic amines) is 1. The first-order valence-corrected chi connectivity index (χ1v) is 8.69. The van der Waals surface area contributed by atoms with E-state index in [0.717, 1.165) is 4.90 Å². The van der Waals surface area contributed by atoms with Gasteiger partial charge in [0.25, 0.3) is 0 Å². The summed E-state index contributed by atoms with van der Waals surface area (Å²) in [6.07, 6.45) is -1.59. The number of carbonyl (C=O) groups excluding carboxylic acids is 1. The van der Waals surface area contributed by atoms with Gasteiger partial charge >= 0.3 is 12.1 Å². The fourth-order valence-electron chi connectivity index (χ4n) is 2.68. The Morgan fingerprint density at radius 3 is 2.43 bits per heavy atom. The average Bonchev–Trinajstić information content (AvgIpc) is 2.66. The first-order chi connectivity index (χ1) is 10.2. The van der Waals surface area contributed by atoms with Crippen molar-refractivity contribution in [2.24, 2.45) is 10.3 Å². The number of hydrogen-bond acceptors (Lipinski definition) is 3. The van der Waals surface area contributed by atoms with Crippen LogP contribution in [0.4, 0.5) is 13.2 Å². The molecule has 0 spiro atoms. The third-order valence-electron chi connectivity index (χ3n) is 3.85. The lowest BCUT2D eigenvalue weighted by Gasteiger charge is -2.31. The molecular formula is C15H25F3N2O2S. The van der Waals surface area contributed by atoms with Crippen LogP contribution in [0.25, 0.3) is 0 Å². The summed E-state index contributed by atoms with van der Waals surface area (Å²) in [6.45, 7) is 8.86. The van der Waals surface area contributed by atoms with E-state index >= 15 is 0 Å². The van der Waals surface area contributed by atoms with Crippen molar-refractivity contribution in [3.63, 3.8) is 0 Å². The van der Waals surface area contributed by atoms with Crippen molar-refractivity contribution in [2.75, 3.05) is 6.54 Å². The average molecular weight is 354 g/mol. The number of halogens is 3. The molecule has 1 saturated heterocycles. The molecule has 1 aliphatic rings. The van der Waals surface area contributed by atoms with Crippen molar-refractivity contribution >= 4 is 23.5 Å². The molecule has 1 aliphatic heterocycles. The highest BCUT2D eigenvalue weighted by Crippen LogP contribution is 2.37. The largest absolute Gasteiger partial charge is 0.591 e. The van der Waals surface area contributed by atoms with Crippen LogP contribution < -0.4 is 0 Å². The predicted molar refractivity (Wildman–Crippen MR) is 85.6 cm³/mol. The van der Waals surface area contributed by atoms with E-state index in [1.54, 1.807) is 20.1 Å². The summed E-state index contributed by atoms with van der Waals surface area (Å²) in [7, 11) is 0. The maximum atomic E-state index is 12.6. The topological polar surface area (TPSA) is 55.7 Å². The van der Waals surface area contributed by atoms with Crippen LogP contribution in [0.3, 0.4) is 0 Å². The van der Waals surface area contributed by atoms with Gasteiger partial charge in [-0.2, -0.15) is 13.2 Å². The number of nitrogens with zero attached hydrogens (tertiary/aromatic N) is 2. The Morgan fingerprint density at radius 1 is 1.39 bits per heavy atom. The lowest BCUT2D eigenvalue weighted by molar-refractivity contribution is -0.188. The van der Waals surface area contributed by atoms with Gasteiger partial charge in [0, 0.05) is 12.1 Å². The van der Waals surface area contributed by atoms with Crippen LogP contribution in [0.1, 0.15) is 53.9 Å². The van der Waals surface area contributed by atoms with Crippen molar-refractivity contribution < 1.29 is 22.5 Å². The molecule has 0 aromatic carbocycles. The molecule has 134 valence electrons. The zero-order valence-corrected chi connectivity index (χ0v) is 15.1. The van der Waals surface area contributed by atoms with E-state index in [1.165, 1.54) is 0 Å². The zero-order chi connectivity index (χ0) is 18.1. The number of amides is 1. The van der Waals surface area contributed by atoms with E-state index in [4.69, 9.17) is 0 Å². The monoisotopic (exact) mass is 354 g/mol. The second-order valence-electron chi connectivity index (χ2n) is 7.52. The summed E-state index contributed by atoms with van der Waals surface area (Å²) >= 11 is -1.33. The van der Waals surface area contributed by atoms with Gasteiger partial charge in [0.2, 0.25) is 0 Å². The molecule has 0 N–H and O–H groups in total. The van der Waals surface area contributed by atoms with E-state index in [9.17, 15) is 22.5 Å². The third kappa shape index (κ3) is 5.67. The summed E-state index contributed by atoms with van der Waals surface area (Å²) in [5, 5.41) is 0.